The van der Waals surface area contributed by atoms with Crippen LogP contribution in [-0.4, -0.2) is 49.3 Å². The molecule has 2 aromatic rings. The molecule has 29 heavy (non-hydrogen) atoms. The van der Waals surface area contributed by atoms with Gasteiger partial charge in [0.05, 0.1) is 14.2 Å². The van der Waals surface area contributed by atoms with Gasteiger partial charge in [0.25, 0.3) is 5.91 Å². The van der Waals surface area contributed by atoms with E-state index in [1.807, 2.05) is 0 Å². The third-order valence-electron chi connectivity index (χ3n) is 4.95. The highest BCUT2D eigenvalue weighted by Crippen LogP contribution is 2.30. The molecule has 1 aliphatic rings. The van der Waals surface area contributed by atoms with E-state index in [0.717, 1.165) is 25.7 Å². The van der Waals surface area contributed by atoms with Crippen LogP contribution in [0.15, 0.2) is 22.7 Å². The average Bonchev–Trinajstić information content (AvgIpc) is 3.27. The van der Waals surface area contributed by atoms with Gasteiger partial charge in [0.2, 0.25) is 0 Å². The molecule has 0 aliphatic heterocycles. The molecule has 0 radical (unpaired) electrons. The monoisotopic (exact) mass is 402 g/mol. The first-order valence-corrected chi connectivity index (χ1v) is 9.74. The topological polar surface area (TPSA) is 116 Å². The van der Waals surface area contributed by atoms with Crippen molar-refractivity contribution in [2.24, 2.45) is 0 Å². The van der Waals surface area contributed by atoms with Crippen LogP contribution in [0.1, 0.15) is 64.9 Å². The Bertz CT molecular complexity index is 845. The van der Waals surface area contributed by atoms with Crippen molar-refractivity contribution in [3.63, 3.8) is 0 Å². The number of ether oxygens (including phenoxy) is 2. The Morgan fingerprint density at radius 3 is 2.41 bits per heavy atom. The summed E-state index contributed by atoms with van der Waals surface area (Å²) in [5.41, 5.74) is 0.433. The summed E-state index contributed by atoms with van der Waals surface area (Å²) >= 11 is 0. The minimum Gasteiger partial charge on any atom is -0.493 e. The number of carbonyl (C=O) groups excluding carboxylic acids is 2. The number of hydrogen-bond donors (Lipinski definition) is 2. The Balaban J connectivity index is 1.45. The van der Waals surface area contributed by atoms with E-state index in [1.54, 1.807) is 18.2 Å². The molecule has 1 aromatic heterocycles. The Kier molecular flexibility index (Phi) is 7.04. The second-order valence-electron chi connectivity index (χ2n) is 6.87. The lowest BCUT2D eigenvalue weighted by Crippen LogP contribution is -2.34. The minimum absolute atomic E-state index is 0.0446. The summed E-state index contributed by atoms with van der Waals surface area (Å²) in [6, 6.07) is 4.90. The van der Waals surface area contributed by atoms with Crippen LogP contribution in [0.4, 0.5) is 0 Å². The molecule has 3 rings (SSSR count). The van der Waals surface area contributed by atoms with Gasteiger partial charge in [-0.3, -0.25) is 9.59 Å². The number of nitrogens with zero attached hydrogens (tertiary/aromatic N) is 2. The van der Waals surface area contributed by atoms with Gasteiger partial charge >= 0.3 is 11.8 Å². The Morgan fingerprint density at radius 2 is 1.72 bits per heavy atom. The largest absolute Gasteiger partial charge is 0.493 e. The van der Waals surface area contributed by atoms with Crippen LogP contribution >= 0.6 is 0 Å². The summed E-state index contributed by atoms with van der Waals surface area (Å²) in [6.45, 7) is 0.488. The van der Waals surface area contributed by atoms with Gasteiger partial charge in [0.15, 0.2) is 17.3 Å². The zero-order chi connectivity index (χ0) is 20.6. The zero-order valence-electron chi connectivity index (χ0n) is 16.7. The van der Waals surface area contributed by atoms with E-state index in [4.69, 9.17) is 14.0 Å². The van der Waals surface area contributed by atoms with E-state index in [-0.39, 0.29) is 30.8 Å². The predicted molar refractivity (Wildman–Crippen MR) is 104 cm³/mol. The van der Waals surface area contributed by atoms with Crippen LogP contribution in [0.3, 0.4) is 0 Å². The molecule has 0 unspecified atom stereocenters. The Labute approximate surface area is 169 Å². The molecule has 2 N–H and O–H groups in total. The molecule has 9 heteroatoms. The number of benzene rings is 1. The summed E-state index contributed by atoms with van der Waals surface area (Å²) in [5, 5.41) is 9.35. The molecular formula is C20H26N4O5. The number of aromatic nitrogens is 2. The zero-order valence-corrected chi connectivity index (χ0v) is 16.7. The molecule has 1 saturated carbocycles. The first-order valence-electron chi connectivity index (χ1n) is 9.74. The molecule has 0 spiro atoms. The second-order valence-corrected chi connectivity index (χ2v) is 6.87. The smallest absolute Gasteiger partial charge is 0.315 e. The summed E-state index contributed by atoms with van der Waals surface area (Å²) in [6.07, 6.45) is 5.60. The van der Waals surface area contributed by atoms with Crippen molar-refractivity contribution in [2.45, 2.75) is 38.0 Å². The van der Waals surface area contributed by atoms with Crippen molar-refractivity contribution in [3.05, 3.63) is 35.5 Å². The molecule has 0 atom stereocenters. The summed E-state index contributed by atoms with van der Waals surface area (Å²) in [5.74, 6) is 1.13. The number of nitrogens with one attached hydrogen (secondary N) is 2. The quantitative estimate of drug-likeness (QED) is 0.651. The SMILES string of the molecule is COc1ccc(C(=O)NCCNC(=O)c2nc(C3CCCCC3)no2)cc1OC. The number of hydrogen-bond acceptors (Lipinski definition) is 7. The third-order valence-corrected chi connectivity index (χ3v) is 4.95. The maximum absolute atomic E-state index is 12.2. The predicted octanol–water partition coefficient (Wildman–Crippen LogP) is 2.29. The van der Waals surface area contributed by atoms with Crippen LogP contribution in [0, 0.1) is 0 Å². The molecule has 1 aliphatic carbocycles. The molecule has 0 saturated heterocycles. The fraction of sp³-hybridized carbons (Fsp3) is 0.500. The first-order chi connectivity index (χ1) is 14.1. The Morgan fingerprint density at radius 1 is 1.03 bits per heavy atom. The van der Waals surface area contributed by atoms with E-state index >= 15 is 0 Å². The molecule has 0 bridgehead atoms. The highest BCUT2D eigenvalue weighted by Gasteiger charge is 2.23. The first kappa shape index (κ1) is 20.6. The fourth-order valence-electron chi connectivity index (χ4n) is 3.36. The lowest BCUT2D eigenvalue weighted by molar-refractivity contribution is 0.0898. The maximum atomic E-state index is 12.2. The molecule has 1 fully saturated rings. The van der Waals surface area contributed by atoms with E-state index in [1.165, 1.54) is 20.6 Å². The van der Waals surface area contributed by atoms with Gasteiger partial charge in [0.1, 0.15) is 0 Å². The summed E-state index contributed by atoms with van der Waals surface area (Å²) in [7, 11) is 3.04. The van der Waals surface area contributed by atoms with Crippen molar-refractivity contribution in [1.29, 1.82) is 0 Å². The fourth-order valence-corrected chi connectivity index (χ4v) is 3.36. The number of amides is 2. The van der Waals surface area contributed by atoms with E-state index in [0.29, 0.717) is 22.9 Å². The lowest BCUT2D eigenvalue weighted by Gasteiger charge is -2.17. The van der Waals surface area contributed by atoms with Crippen molar-refractivity contribution in [3.8, 4) is 11.5 Å². The van der Waals surface area contributed by atoms with Gasteiger partial charge in [0, 0.05) is 24.6 Å². The van der Waals surface area contributed by atoms with Gasteiger partial charge < -0.3 is 24.6 Å². The maximum Gasteiger partial charge on any atom is 0.315 e. The van der Waals surface area contributed by atoms with Crippen molar-refractivity contribution in [1.82, 2.24) is 20.8 Å². The molecule has 1 aromatic carbocycles. The second kappa shape index (κ2) is 9.90. The van der Waals surface area contributed by atoms with Gasteiger partial charge in [-0.25, -0.2) is 0 Å². The third kappa shape index (κ3) is 5.24. The molecule has 9 nitrogen and oxygen atoms in total. The van der Waals surface area contributed by atoms with Gasteiger partial charge in [-0.05, 0) is 31.0 Å². The van der Waals surface area contributed by atoms with Crippen LogP contribution in [0.25, 0.3) is 0 Å². The van der Waals surface area contributed by atoms with Gasteiger partial charge in [-0.2, -0.15) is 4.98 Å². The highest BCUT2D eigenvalue weighted by atomic mass is 16.5. The molecule has 156 valence electrons. The van der Waals surface area contributed by atoms with Crippen LogP contribution in [-0.2, 0) is 0 Å². The lowest BCUT2D eigenvalue weighted by atomic mass is 9.89. The van der Waals surface area contributed by atoms with E-state index in [9.17, 15) is 9.59 Å². The van der Waals surface area contributed by atoms with Crippen LogP contribution < -0.4 is 20.1 Å². The standard InChI is InChI=1S/C20H26N4O5/c1-27-15-9-8-14(12-16(15)28-2)18(25)21-10-11-22-19(26)20-23-17(24-29-20)13-6-4-3-5-7-13/h8-9,12-13H,3-7,10-11H2,1-2H3,(H,21,25)(H,22,26). The Hall–Kier alpha value is -3.10. The van der Waals surface area contributed by atoms with E-state index < -0.39 is 5.91 Å². The van der Waals surface area contributed by atoms with E-state index in [2.05, 4.69) is 20.8 Å². The normalized spacial score (nSPS) is 14.3. The number of rotatable bonds is 8. The van der Waals surface area contributed by atoms with Gasteiger partial charge in [-0.1, -0.05) is 24.4 Å². The molecule has 2 amide bonds. The highest BCUT2D eigenvalue weighted by molar-refractivity contribution is 5.95. The van der Waals surface area contributed by atoms with Crippen LogP contribution in [0.5, 0.6) is 11.5 Å². The minimum atomic E-state index is -0.445. The summed E-state index contributed by atoms with van der Waals surface area (Å²) in [4.78, 5) is 28.6. The van der Waals surface area contributed by atoms with Crippen LogP contribution in [0.2, 0.25) is 0 Å². The molecular weight excluding hydrogens is 376 g/mol. The number of methoxy groups -OCH3 is 2. The molecule has 1 heterocycles. The van der Waals surface area contributed by atoms with Crippen molar-refractivity contribution < 1.29 is 23.6 Å². The van der Waals surface area contributed by atoms with Crippen molar-refractivity contribution >= 4 is 11.8 Å². The van der Waals surface area contributed by atoms with Crippen molar-refractivity contribution in [2.75, 3.05) is 27.3 Å². The number of carbonyl (C=O) groups is 2. The van der Waals surface area contributed by atoms with Gasteiger partial charge in [-0.15, -0.1) is 0 Å². The average molecular weight is 402 g/mol. The summed E-state index contributed by atoms with van der Waals surface area (Å²) < 4.78 is 15.4.